The molecular formula is C49H70O3Si2Sn. The van der Waals surface area contributed by atoms with E-state index in [0.29, 0.717) is 6.61 Å². The van der Waals surface area contributed by atoms with Crippen LogP contribution in [0.25, 0.3) is 0 Å². The Morgan fingerprint density at radius 2 is 0.873 bits per heavy atom. The minimum atomic E-state index is -3.01. The zero-order valence-electron chi connectivity index (χ0n) is 35.6. The fourth-order valence-electron chi connectivity index (χ4n) is 9.22. The monoisotopic (exact) mass is 882 g/mol. The molecule has 1 aliphatic heterocycles. The van der Waals surface area contributed by atoms with Gasteiger partial charge in [-0.3, -0.25) is 0 Å². The molecule has 0 saturated heterocycles. The van der Waals surface area contributed by atoms with E-state index in [4.69, 9.17) is 13.6 Å². The number of rotatable bonds is 19. The number of hydrogen-bond acceptors (Lipinski definition) is 3. The summed E-state index contributed by atoms with van der Waals surface area (Å²) in [5, 5.41) is 4.92. The topological polar surface area (TPSA) is 27.7 Å². The Morgan fingerprint density at radius 3 is 1.20 bits per heavy atom. The average Bonchev–Trinajstić information content (AvgIpc) is 3.60. The maximum atomic E-state index is 8.06. The zero-order chi connectivity index (χ0) is 39.6. The average molecular weight is 882 g/mol. The van der Waals surface area contributed by atoms with Gasteiger partial charge in [-0.1, -0.05) is 0 Å². The van der Waals surface area contributed by atoms with Crippen LogP contribution >= 0.6 is 0 Å². The quantitative estimate of drug-likeness (QED) is 0.0879. The molecule has 296 valence electrons. The molecule has 0 spiro atoms. The third kappa shape index (κ3) is 9.49. The van der Waals surface area contributed by atoms with Crippen LogP contribution in [-0.2, 0) is 13.6 Å². The summed E-state index contributed by atoms with van der Waals surface area (Å²) in [6, 6.07) is 44.4. The molecule has 4 aromatic carbocycles. The first-order valence-electron chi connectivity index (χ1n) is 21.3. The minimum absolute atomic E-state index is 0.134. The predicted molar refractivity (Wildman–Crippen MR) is 244 cm³/mol. The molecule has 0 amide bonds. The molecule has 1 aliphatic rings. The van der Waals surface area contributed by atoms with E-state index in [2.05, 4.69) is 190 Å². The van der Waals surface area contributed by atoms with E-state index >= 15 is 0 Å². The second-order valence-electron chi connectivity index (χ2n) is 18.0. The fourth-order valence-corrected chi connectivity index (χ4v) is 34.1. The fraction of sp³-hybridized carbons (Fsp3) is 0.469. The third-order valence-corrected chi connectivity index (χ3v) is 37.2. The van der Waals surface area contributed by atoms with Crippen LogP contribution in [0.1, 0.15) is 101 Å². The Bertz CT molecular complexity index is 1650. The predicted octanol–water partition coefficient (Wildman–Crippen LogP) is 11.2. The molecule has 0 bridgehead atoms. The molecule has 0 aliphatic carbocycles. The van der Waals surface area contributed by atoms with Crippen molar-refractivity contribution in [3.05, 3.63) is 131 Å². The van der Waals surface area contributed by atoms with Crippen molar-refractivity contribution in [2.45, 2.75) is 136 Å². The van der Waals surface area contributed by atoms with E-state index in [0.717, 1.165) is 0 Å². The van der Waals surface area contributed by atoms with Gasteiger partial charge >= 0.3 is 344 Å². The number of hydrogen-bond donors (Lipinski definition) is 0. The SMILES string of the molecule is CCC[CH2][Sn]([CH2]CCC)([CH2]CCC)[C]1=C[C@H](O[Si](c2ccccc2)(c2ccccc2)C(C)(C)C)[C@@H](CO[Si](c2ccccc2)(c2ccccc2)C(C)(C)C)O1. The maximum absolute atomic E-state index is 8.06. The van der Waals surface area contributed by atoms with E-state index < -0.39 is 35.0 Å². The summed E-state index contributed by atoms with van der Waals surface area (Å²) in [4.78, 5) is 0. The Kier molecular flexibility index (Phi) is 15.4. The van der Waals surface area contributed by atoms with Crippen LogP contribution in [0.3, 0.4) is 0 Å². The molecule has 1 heterocycles. The van der Waals surface area contributed by atoms with Crippen LogP contribution < -0.4 is 20.7 Å². The van der Waals surface area contributed by atoms with Gasteiger partial charge in [0.1, 0.15) is 0 Å². The Balaban J connectivity index is 1.70. The van der Waals surface area contributed by atoms with Crippen molar-refractivity contribution in [1.29, 1.82) is 0 Å². The van der Waals surface area contributed by atoms with Gasteiger partial charge in [-0.25, -0.2) is 0 Å². The van der Waals surface area contributed by atoms with E-state index in [1.165, 1.54) is 76.4 Å². The molecule has 4 aromatic rings. The molecule has 0 unspecified atom stereocenters. The van der Waals surface area contributed by atoms with Gasteiger partial charge in [-0.05, 0) is 0 Å². The van der Waals surface area contributed by atoms with E-state index in [1.54, 1.807) is 0 Å². The van der Waals surface area contributed by atoms with Crippen molar-refractivity contribution in [1.82, 2.24) is 0 Å². The standard InChI is InChI=1S/C37H43O3Si2.3C4H9.Sn/c1-36(2,3)41(30-19-11-7-12-20-30,31-21-13-8-14-22-31)39-29-35-34(27-28-38-35)40-42(37(4,5)6,32-23-15-9-16-24-32)33-25-17-10-18-26-33;3*1-3-4-2;/h7-27,34-35H,29H2,1-6H3;3*1,3-4H2,2H3;/t34-,35+;;;;/m0..../s1. The van der Waals surface area contributed by atoms with E-state index in [9.17, 15) is 0 Å². The molecule has 2 atom stereocenters. The molecule has 0 radical (unpaired) electrons. The summed E-state index contributed by atoms with van der Waals surface area (Å²) < 4.78 is 28.8. The third-order valence-electron chi connectivity index (χ3n) is 12.1. The summed E-state index contributed by atoms with van der Waals surface area (Å²) in [6.45, 7) is 21.8. The van der Waals surface area contributed by atoms with Gasteiger partial charge in [0.25, 0.3) is 0 Å². The van der Waals surface area contributed by atoms with Gasteiger partial charge in [-0.2, -0.15) is 0 Å². The Morgan fingerprint density at radius 1 is 0.527 bits per heavy atom. The Labute approximate surface area is 341 Å². The summed E-state index contributed by atoms with van der Waals surface area (Å²) in [5.41, 5.74) is 0. The number of ether oxygens (including phenoxy) is 1. The molecule has 3 nitrogen and oxygen atoms in total. The molecule has 0 N–H and O–H groups in total. The van der Waals surface area contributed by atoms with Crippen LogP contribution in [0.15, 0.2) is 131 Å². The van der Waals surface area contributed by atoms with Gasteiger partial charge in [0.2, 0.25) is 0 Å². The number of benzene rings is 4. The van der Waals surface area contributed by atoms with Gasteiger partial charge < -0.3 is 0 Å². The van der Waals surface area contributed by atoms with Crippen LogP contribution in [-0.4, -0.2) is 53.8 Å². The zero-order valence-corrected chi connectivity index (χ0v) is 40.4. The summed E-state index contributed by atoms with van der Waals surface area (Å²) >= 11 is -3.01. The summed E-state index contributed by atoms with van der Waals surface area (Å²) in [7, 11) is -5.74. The van der Waals surface area contributed by atoms with Crippen LogP contribution in [0.2, 0.25) is 23.4 Å². The second-order valence-corrected chi connectivity index (χ2v) is 39.6. The molecule has 5 rings (SSSR count). The van der Waals surface area contributed by atoms with Gasteiger partial charge in [0.15, 0.2) is 0 Å². The second kappa shape index (κ2) is 19.3. The van der Waals surface area contributed by atoms with Crippen molar-refractivity contribution >= 4 is 55.8 Å². The summed E-state index contributed by atoms with van der Waals surface area (Å²) in [5.74, 6) is 0. The first-order valence-corrected chi connectivity index (χ1v) is 32.6. The van der Waals surface area contributed by atoms with Crippen molar-refractivity contribution in [3.63, 3.8) is 0 Å². The van der Waals surface area contributed by atoms with Gasteiger partial charge in [0, 0.05) is 0 Å². The normalized spacial score (nSPS) is 16.9. The van der Waals surface area contributed by atoms with Crippen molar-refractivity contribution in [2.75, 3.05) is 6.61 Å². The molecule has 0 aromatic heterocycles. The van der Waals surface area contributed by atoms with Crippen LogP contribution in [0, 0.1) is 0 Å². The van der Waals surface area contributed by atoms with Crippen LogP contribution in [0.5, 0.6) is 0 Å². The van der Waals surface area contributed by atoms with Gasteiger partial charge in [0.05, 0.1) is 0 Å². The molecule has 0 fully saturated rings. The van der Waals surface area contributed by atoms with E-state index in [-0.39, 0.29) is 22.3 Å². The van der Waals surface area contributed by atoms with Crippen molar-refractivity contribution < 1.29 is 13.6 Å². The first-order chi connectivity index (χ1) is 26.4. The number of unbranched alkanes of at least 4 members (excludes halogenated alkanes) is 3. The molecular weight excluding hydrogens is 811 g/mol. The molecule has 6 heteroatoms. The van der Waals surface area contributed by atoms with Crippen LogP contribution in [0.4, 0.5) is 0 Å². The van der Waals surface area contributed by atoms with E-state index in [1.807, 2.05) is 0 Å². The molecule has 55 heavy (non-hydrogen) atoms. The Hall–Kier alpha value is -2.43. The van der Waals surface area contributed by atoms with Crippen molar-refractivity contribution in [2.24, 2.45) is 0 Å². The molecule has 0 saturated carbocycles. The van der Waals surface area contributed by atoms with Gasteiger partial charge in [-0.15, -0.1) is 0 Å². The first kappa shape index (κ1) is 43.7. The van der Waals surface area contributed by atoms with Crippen molar-refractivity contribution in [3.8, 4) is 0 Å². The summed E-state index contributed by atoms with van der Waals surface area (Å²) in [6.07, 6.45) is 9.62.